The molecule has 6 nitrogen and oxygen atoms in total. The normalized spacial score (nSPS) is 12.0. The number of thiazole rings is 1. The molecule has 8 heteroatoms. The third-order valence-electron chi connectivity index (χ3n) is 4.17. The first-order valence-corrected chi connectivity index (χ1v) is 9.51. The van der Waals surface area contributed by atoms with E-state index in [9.17, 15) is 14.0 Å². The van der Waals surface area contributed by atoms with Crippen molar-refractivity contribution in [1.29, 1.82) is 0 Å². The van der Waals surface area contributed by atoms with Crippen LogP contribution in [0.4, 0.5) is 9.52 Å². The molecule has 0 saturated heterocycles. The Morgan fingerprint density at radius 2 is 1.93 bits per heavy atom. The van der Waals surface area contributed by atoms with E-state index in [1.165, 1.54) is 30.6 Å². The topological polar surface area (TPSA) is 80.3 Å². The highest BCUT2D eigenvalue weighted by Crippen LogP contribution is 2.27. The van der Waals surface area contributed by atoms with Crippen LogP contribution in [0, 0.1) is 11.7 Å². The van der Waals surface area contributed by atoms with Crippen LogP contribution in [0.5, 0.6) is 5.75 Å². The molecule has 0 saturated carbocycles. The Bertz CT molecular complexity index is 1020. The molecule has 0 aliphatic heterocycles. The van der Waals surface area contributed by atoms with Gasteiger partial charge in [0.25, 0.3) is 5.91 Å². The number of methoxy groups -OCH3 is 1. The lowest BCUT2D eigenvalue weighted by Gasteiger charge is -2.21. The maximum Gasteiger partial charge on any atom is 0.255 e. The second-order valence-electron chi connectivity index (χ2n) is 6.52. The minimum atomic E-state index is -0.777. The number of hydrogen-bond donors (Lipinski definition) is 2. The number of benzene rings is 2. The van der Waals surface area contributed by atoms with E-state index in [0.29, 0.717) is 26.7 Å². The second-order valence-corrected chi connectivity index (χ2v) is 7.55. The van der Waals surface area contributed by atoms with Gasteiger partial charge in [0.15, 0.2) is 5.13 Å². The van der Waals surface area contributed by atoms with Crippen LogP contribution in [0.25, 0.3) is 10.2 Å². The van der Waals surface area contributed by atoms with Crippen molar-refractivity contribution in [3.8, 4) is 5.75 Å². The number of nitrogens with zero attached hydrogens (tertiary/aromatic N) is 1. The van der Waals surface area contributed by atoms with E-state index in [1.807, 2.05) is 13.8 Å². The fourth-order valence-electron chi connectivity index (χ4n) is 2.72. The molecular formula is C20H20FN3O3S. The average molecular weight is 401 g/mol. The van der Waals surface area contributed by atoms with Crippen molar-refractivity contribution in [2.24, 2.45) is 5.92 Å². The molecule has 2 aromatic carbocycles. The zero-order valence-electron chi connectivity index (χ0n) is 15.7. The van der Waals surface area contributed by atoms with E-state index in [0.717, 1.165) is 0 Å². The van der Waals surface area contributed by atoms with Crippen molar-refractivity contribution < 1.29 is 18.7 Å². The lowest BCUT2D eigenvalue weighted by molar-refractivity contribution is -0.118. The molecule has 1 atom stereocenters. The van der Waals surface area contributed by atoms with Crippen molar-refractivity contribution in [1.82, 2.24) is 10.3 Å². The van der Waals surface area contributed by atoms with Gasteiger partial charge in [-0.1, -0.05) is 37.3 Å². The first-order valence-electron chi connectivity index (χ1n) is 8.70. The van der Waals surface area contributed by atoms with E-state index in [-0.39, 0.29) is 11.7 Å². The molecule has 3 aromatic rings. The quantitative estimate of drug-likeness (QED) is 0.658. The number of amides is 2. The number of para-hydroxylation sites is 1. The number of carbonyl (C=O) groups excluding carboxylic acids is 2. The van der Waals surface area contributed by atoms with Crippen molar-refractivity contribution >= 4 is 38.5 Å². The van der Waals surface area contributed by atoms with Crippen molar-refractivity contribution in [2.75, 3.05) is 12.4 Å². The van der Waals surface area contributed by atoms with Gasteiger partial charge in [0, 0.05) is 0 Å². The van der Waals surface area contributed by atoms with Crippen LogP contribution < -0.4 is 15.4 Å². The highest BCUT2D eigenvalue weighted by atomic mass is 32.1. The van der Waals surface area contributed by atoms with Gasteiger partial charge in [-0.3, -0.25) is 9.59 Å². The predicted octanol–water partition coefficient (Wildman–Crippen LogP) is 3.84. The number of aromatic nitrogens is 1. The van der Waals surface area contributed by atoms with Gasteiger partial charge in [0.1, 0.15) is 17.6 Å². The molecule has 2 N–H and O–H groups in total. The smallest absolute Gasteiger partial charge is 0.255 e. The van der Waals surface area contributed by atoms with Crippen LogP contribution in [-0.4, -0.2) is 29.9 Å². The molecule has 0 spiro atoms. The summed E-state index contributed by atoms with van der Waals surface area (Å²) < 4.78 is 19.2. The number of ether oxygens (including phenoxy) is 1. The zero-order chi connectivity index (χ0) is 20.3. The van der Waals surface area contributed by atoms with Crippen molar-refractivity contribution in [3.05, 3.63) is 53.8 Å². The molecule has 0 aliphatic rings. The van der Waals surface area contributed by atoms with Gasteiger partial charge < -0.3 is 15.4 Å². The van der Waals surface area contributed by atoms with Crippen LogP contribution in [0.15, 0.2) is 42.5 Å². The van der Waals surface area contributed by atoms with Crippen LogP contribution in [0.1, 0.15) is 24.2 Å². The molecule has 1 aromatic heterocycles. The second kappa shape index (κ2) is 8.35. The summed E-state index contributed by atoms with van der Waals surface area (Å²) in [6.07, 6.45) is 0. The molecule has 146 valence electrons. The first kappa shape index (κ1) is 19.8. The summed E-state index contributed by atoms with van der Waals surface area (Å²) >= 11 is 1.17. The first-order chi connectivity index (χ1) is 13.4. The van der Waals surface area contributed by atoms with Gasteiger partial charge in [-0.25, -0.2) is 9.37 Å². The summed E-state index contributed by atoms with van der Waals surface area (Å²) in [6.45, 7) is 3.67. The number of fused-ring (bicyclic) bond motifs is 1. The molecule has 28 heavy (non-hydrogen) atoms. The van der Waals surface area contributed by atoms with Crippen LogP contribution >= 0.6 is 11.3 Å². The number of halogens is 1. The zero-order valence-corrected chi connectivity index (χ0v) is 16.5. The Morgan fingerprint density at radius 3 is 2.64 bits per heavy atom. The average Bonchev–Trinajstić information content (AvgIpc) is 3.06. The summed E-state index contributed by atoms with van der Waals surface area (Å²) in [7, 11) is 1.48. The number of rotatable bonds is 6. The van der Waals surface area contributed by atoms with Crippen molar-refractivity contribution in [2.45, 2.75) is 19.9 Å². The molecule has 0 bridgehead atoms. The Kier molecular flexibility index (Phi) is 5.89. The van der Waals surface area contributed by atoms with Gasteiger partial charge in [-0.2, -0.15) is 0 Å². The largest absolute Gasteiger partial charge is 0.496 e. The predicted molar refractivity (Wildman–Crippen MR) is 107 cm³/mol. The third kappa shape index (κ3) is 4.28. The molecule has 1 heterocycles. The summed E-state index contributed by atoms with van der Waals surface area (Å²) in [5.41, 5.74) is 0.944. The minimum Gasteiger partial charge on any atom is -0.496 e. The standard InChI is InChI=1S/C20H20FN3O3S/c1-11(2)17(23-18(25)13-6-4-5-7-15(13)27-3)19(26)24-20-22-14-9-8-12(21)10-16(14)28-20/h4-11,17H,1-3H3,(H,23,25)(H,22,24,26)/t17-/m0/s1. The maximum atomic E-state index is 13.3. The molecule has 0 aliphatic carbocycles. The summed E-state index contributed by atoms with van der Waals surface area (Å²) in [6, 6.07) is 10.3. The van der Waals surface area contributed by atoms with Crippen LogP contribution in [0.3, 0.4) is 0 Å². The van der Waals surface area contributed by atoms with Crippen LogP contribution in [-0.2, 0) is 4.79 Å². The summed E-state index contributed by atoms with van der Waals surface area (Å²) in [5.74, 6) is -0.893. The van der Waals surface area contributed by atoms with Gasteiger partial charge in [0.2, 0.25) is 5.91 Å². The molecule has 0 unspecified atom stereocenters. The summed E-state index contributed by atoms with van der Waals surface area (Å²) in [5, 5.41) is 5.82. The van der Waals surface area contributed by atoms with E-state index < -0.39 is 17.9 Å². The number of anilines is 1. The molecule has 0 fully saturated rings. The van der Waals surface area contributed by atoms with Gasteiger partial charge in [-0.05, 0) is 36.2 Å². The van der Waals surface area contributed by atoms with Gasteiger partial charge in [0.05, 0.1) is 22.9 Å². The highest BCUT2D eigenvalue weighted by molar-refractivity contribution is 7.22. The fourth-order valence-corrected chi connectivity index (χ4v) is 3.61. The monoisotopic (exact) mass is 401 g/mol. The lowest BCUT2D eigenvalue weighted by atomic mass is 10.0. The Morgan fingerprint density at radius 1 is 1.18 bits per heavy atom. The Labute approximate surface area is 165 Å². The minimum absolute atomic E-state index is 0.162. The Hall–Kier alpha value is -3.00. The number of nitrogens with one attached hydrogen (secondary N) is 2. The SMILES string of the molecule is COc1ccccc1C(=O)N[C@H](C(=O)Nc1nc2ccc(F)cc2s1)C(C)C. The van der Waals surface area contributed by atoms with Gasteiger partial charge >= 0.3 is 0 Å². The number of hydrogen-bond acceptors (Lipinski definition) is 5. The van der Waals surface area contributed by atoms with E-state index in [4.69, 9.17) is 4.74 Å². The Balaban J connectivity index is 1.77. The van der Waals surface area contributed by atoms with Crippen LogP contribution in [0.2, 0.25) is 0 Å². The van der Waals surface area contributed by atoms with E-state index in [1.54, 1.807) is 30.3 Å². The summed E-state index contributed by atoms with van der Waals surface area (Å²) in [4.78, 5) is 29.7. The maximum absolute atomic E-state index is 13.3. The molecule has 2 amide bonds. The fraction of sp³-hybridized carbons (Fsp3) is 0.250. The van der Waals surface area contributed by atoms with E-state index in [2.05, 4.69) is 15.6 Å². The number of carbonyl (C=O) groups is 2. The lowest BCUT2D eigenvalue weighted by Crippen LogP contribution is -2.47. The van der Waals surface area contributed by atoms with E-state index >= 15 is 0 Å². The molecular weight excluding hydrogens is 381 g/mol. The highest BCUT2D eigenvalue weighted by Gasteiger charge is 2.26. The molecule has 0 radical (unpaired) electrons. The molecule has 3 rings (SSSR count). The third-order valence-corrected chi connectivity index (χ3v) is 5.10. The van der Waals surface area contributed by atoms with Gasteiger partial charge in [-0.15, -0.1) is 0 Å². The van der Waals surface area contributed by atoms with Crippen molar-refractivity contribution in [3.63, 3.8) is 0 Å².